The van der Waals surface area contributed by atoms with Crippen molar-refractivity contribution < 1.29 is 0 Å². The van der Waals surface area contributed by atoms with Gasteiger partial charge in [0.1, 0.15) is 6.67 Å². The Labute approximate surface area is 147 Å². The first kappa shape index (κ1) is 16.2. The molecule has 3 heterocycles. The Hall–Kier alpha value is -2.29. The number of piperazine rings is 1. The van der Waals surface area contributed by atoms with Crippen molar-refractivity contribution in [1.29, 1.82) is 0 Å². The number of hydrazine groups is 1. The van der Waals surface area contributed by atoms with Crippen LogP contribution in [0.25, 0.3) is 10.9 Å². The zero-order valence-corrected chi connectivity index (χ0v) is 14.7. The maximum atomic E-state index is 4.60. The largest absolute Gasteiger partial charge is 0.342 e. The molecule has 0 spiro atoms. The molecule has 1 aromatic carbocycles. The summed E-state index contributed by atoms with van der Waals surface area (Å²) in [4.78, 5) is 16.1. The topological polar surface area (TPSA) is 71.9 Å². The SMILES string of the molecule is Cc1nc(NC2=NCN(N3CCN(C)CC3)CN2)nc2ccccc12. The van der Waals surface area contributed by atoms with Gasteiger partial charge in [-0.1, -0.05) is 18.2 Å². The Morgan fingerprint density at radius 2 is 1.84 bits per heavy atom. The van der Waals surface area contributed by atoms with Crippen molar-refractivity contribution in [2.75, 3.05) is 51.9 Å². The van der Waals surface area contributed by atoms with Crippen LogP contribution in [0.5, 0.6) is 0 Å². The fraction of sp³-hybridized carbons (Fsp3) is 0.471. The standard InChI is InChI=1S/C17H24N8/c1-13-14-5-3-4-6-15(14)21-17(20-13)22-16-18-11-25(12-19-16)24-9-7-23(2)8-10-24/h3-6H,7-12H2,1-2H3,(H2,18,19,20,21,22). The van der Waals surface area contributed by atoms with Gasteiger partial charge in [0.25, 0.3) is 0 Å². The molecule has 2 aromatic rings. The number of hydrogen-bond donors (Lipinski definition) is 2. The molecule has 0 saturated carbocycles. The van der Waals surface area contributed by atoms with Crippen molar-refractivity contribution in [2.24, 2.45) is 4.99 Å². The summed E-state index contributed by atoms with van der Waals surface area (Å²) in [6, 6.07) is 8.04. The fourth-order valence-corrected chi connectivity index (χ4v) is 3.17. The van der Waals surface area contributed by atoms with Gasteiger partial charge >= 0.3 is 0 Å². The highest BCUT2D eigenvalue weighted by Gasteiger charge is 2.22. The lowest BCUT2D eigenvalue weighted by Crippen LogP contribution is -2.58. The number of hydrogen-bond acceptors (Lipinski definition) is 8. The zero-order valence-electron chi connectivity index (χ0n) is 14.7. The zero-order chi connectivity index (χ0) is 17.2. The van der Waals surface area contributed by atoms with E-state index in [0.29, 0.717) is 12.6 Å². The number of fused-ring (bicyclic) bond motifs is 1. The van der Waals surface area contributed by atoms with E-state index in [1.54, 1.807) is 0 Å². The third-order valence-electron chi connectivity index (χ3n) is 4.72. The Kier molecular flexibility index (Phi) is 4.48. The van der Waals surface area contributed by atoms with Crippen LogP contribution < -0.4 is 10.6 Å². The summed E-state index contributed by atoms with van der Waals surface area (Å²) in [6.45, 7) is 7.66. The summed E-state index contributed by atoms with van der Waals surface area (Å²) in [5.74, 6) is 1.30. The Morgan fingerprint density at radius 1 is 1.04 bits per heavy atom. The highest BCUT2D eigenvalue weighted by atomic mass is 15.7. The number of aliphatic imine (C=N–C) groups is 1. The maximum absolute atomic E-state index is 4.60. The summed E-state index contributed by atoms with van der Waals surface area (Å²) in [5, 5.41) is 12.2. The highest BCUT2D eigenvalue weighted by molar-refractivity contribution is 5.93. The molecule has 0 unspecified atom stereocenters. The number of nitrogens with zero attached hydrogens (tertiary/aromatic N) is 6. The molecule has 8 heteroatoms. The second-order valence-electron chi connectivity index (χ2n) is 6.52. The van der Waals surface area contributed by atoms with E-state index >= 15 is 0 Å². The molecule has 0 atom stereocenters. The molecule has 0 amide bonds. The van der Waals surface area contributed by atoms with Gasteiger partial charge in [0.15, 0.2) is 0 Å². The van der Waals surface area contributed by atoms with E-state index in [9.17, 15) is 0 Å². The molecule has 0 radical (unpaired) electrons. The van der Waals surface area contributed by atoms with Gasteiger partial charge in [-0.25, -0.2) is 25.0 Å². The number of benzene rings is 1. The monoisotopic (exact) mass is 340 g/mol. The van der Waals surface area contributed by atoms with Crippen LogP contribution in [0.2, 0.25) is 0 Å². The Balaban J connectivity index is 1.42. The molecule has 8 nitrogen and oxygen atoms in total. The van der Waals surface area contributed by atoms with Gasteiger partial charge in [-0.2, -0.15) is 0 Å². The first-order chi connectivity index (χ1) is 12.2. The van der Waals surface area contributed by atoms with Crippen LogP contribution in [0, 0.1) is 6.92 Å². The van der Waals surface area contributed by atoms with Gasteiger partial charge in [0.05, 0.1) is 17.9 Å². The van der Waals surface area contributed by atoms with Gasteiger partial charge in [-0.15, -0.1) is 0 Å². The molecular weight excluding hydrogens is 316 g/mol. The quantitative estimate of drug-likeness (QED) is 0.833. The van der Waals surface area contributed by atoms with Gasteiger partial charge in [-0.3, -0.25) is 5.32 Å². The summed E-state index contributed by atoms with van der Waals surface area (Å²) in [6.07, 6.45) is 0. The van der Waals surface area contributed by atoms with Gasteiger partial charge < -0.3 is 10.2 Å². The van der Waals surface area contributed by atoms with E-state index < -0.39 is 0 Å². The first-order valence-corrected chi connectivity index (χ1v) is 8.66. The molecule has 0 bridgehead atoms. The lowest BCUT2D eigenvalue weighted by molar-refractivity contribution is -0.0567. The number of anilines is 1. The molecule has 4 rings (SSSR count). The van der Waals surface area contributed by atoms with E-state index in [2.05, 4.69) is 47.6 Å². The predicted molar refractivity (Wildman–Crippen MR) is 99.1 cm³/mol. The third-order valence-corrected chi connectivity index (χ3v) is 4.72. The van der Waals surface area contributed by atoms with Crippen LogP contribution in [-0.2, 0) is 0 Å². The number of rotatable bonds is 2. The summed E-state index contributed by atoms with van der Waals surface area (Å²) in [5.41, 5.74) is 1.90. The van der Waals surface area contributed by atoms with Crippen molar-refractivity contribution in [3.63, 3.8) is 0 Å². The Morgan fingerprint density at radius 3 is 2.60 bits per heavy atom. The number of guanidine groups is 1. The summed E-state index contributed by atoms with van der Waals surface area (Å²) < 4.78 is 0. The second kappa shape index (κ2) is 6.91. The van der Waals surface area contributed by atoms with E-state index in [1.807, 2.05) is 31.2 Å². The number of nitrogens with one attached hydrogen (secondary N) is 2. The average Bonchev–Trinajstić information content (AvgIpc) is 2.63. The van der Waals surface area contributed by atoms with E-state index in [4.69, 9.17) is 0 Å². The van der Waals surface area contributed by atoms with Crippen LogP contribution in [0.1, 0.15) is 5.69 Å². The first-order valence-electron chi connectivity index (χ1n) is 8.66. The van der Waals surface area contributed by atoms with Crippen LogP contribution in [0.15, 0.2) is 29.3 Å². The number of likely N-dealkylation sites (N-methyl/N-ethyl adjacent to an activating group) is 1. The highest BCUT2D eigenvalue weighted by Crippen LogP contribution is 2.16. The van der Waals surface area contributed by atoms with Crippen molar-refractivity contribution in [3.8, 4) is 0 Å². The number of aromatic nitrogens is 2. The number of aryl methyl sites for hydroxylation is 1. The van der Waals surface area contributed by atoms with E-state index in [0.717, 1.165) is 55.4 Å². The molecule has 2 aliphatic heterocycles. The van der Waals surface area contributed by atoms with Crippen molar-refractivity contribution in [3.05, 3.63) is 30.0 Å². The van der Waals surface area contributed by atoms with Crippen molar-refractivity contribution in [2.45, 2.75) is 6.92 Å². The van der Waals surface area contributed by atoms with Crippen LogP contribution >= 0.6 is 0 Å². The van der Waals surface area contributed by atoms with Crippen molar-refractivity contribution >= 4 is 22.8 Å². The normalized spacial score (nSPS) is 20.3. The average molecular weight is 340 g/mol. The van der Waals surface area contributed by atoms with Gasteiger partial charge in [0, 0.05) is 31.6 Å². The molecule has 0 aliphatic carbocycles. The molecule has 1 fully saturated rings. The minimum atomic E-state index is 0.579. The Bertz CT molecular complexity index is 781. The molecule has 1 saturated heterocycles. The van der Waals surface area contributed by atoms with Gasteiger partial charge in [0.2, 0.25) is 11.9 Å². The van der Waals surface area contributed by atoms with E-state index in [-0.39, 0.29) is 0 Å². The maximum Gasteiger partial charge on any atom is 0.230 e. The molecule has 132 valence electrons. The molecule has 25 heavy (non-hydrogen) atoms. The summed E-state index contributed by atoms with van der Waals surface area (Å²) >= 11 is 0. The fourth-order valence-electron chi connectivity index (χ4n) is 3.17. The minimum Gasteiger partial charge on any atom is -0.342 e. The van der Waals surface area contributed by atoms with Crippen LogP contribution in [0.3, 0.4) is 0 Å². The lowest BCUT2D eigenvalue weighted by atomic mass is 10.2. The predicted octanol–water partition coefficient (Wildman–Crippen LogP) is 0.689. The van der Waals surface area contributed by atoms with Crippen LogP contribution in [0.4, 0.5) is 5.95 Å². The molecule has 2 aliphatic rings. The van der Waals surface area contributed by atoms with Gasteiger partial charge in [-0.05, 0) is 20.0 Å². The third kappa shape index (κ3) is 3.55. The molecular formula is C17H24N8. The van der Waals surface area contributed by atoms with Crippen LogP contribution in [-0.4, -0.2) is 77.4 Å². The number of para-hydroxylation sites is 1. The smallest absolute Gasteiger partial charge is 0.230 e. The second-order valence-corrected chi connectivity index (χ2v) is 6.52. The minimum absolute atomic E-state index is 0.579. The lowest BCUT2D eigenvalue weighted by Gasteiger charge is -2.40. The summed E-state index contributed by atoms with van der Waals surface area (Å²) in [7, 11) is 2.16. The molecule has 1 aromatic heterocycles. The van der Waals surface area contributed by atoms with E-state index in [1.165, 1.54) is 0 Å². The van der Waals surface area contributed by atoms with Crippen molar-refractivity contribution in [1.82, 2.24) is 30.2 Å². The molecule has 2 N–H and O–H groups in total.